The van der Waals surface area contributed by atoms with Crippen molar-refractivity contribution in [2.45, 2.75) is 26.3 Å². The number of carbonyl (C=O) groups excluding carboxylic acids is 2. The van der Waals surface area contributed by atoms with E-state index in [9.17, 15) is 9.59 Å². The van der Waals surface area contributed by atoms with Crippen LogP contribution in [0.2, 0.25) is 0 Å². The Bertz CT molecular complexity index is 953. The summed E-state index contributed by atoms with van der Waals surface area (Å²) >= 11 is 1.25. The number of nitrogens with one attached hydrogen (secondary N) is 2. The second kappa shape index (κ2) is 9.33. The Morgan fingerprint density at radius 1 is 1.21 bits per heavy atom. The number of methoxy groups -OCH3 is 1. The summed E-state index contributed by atoms with van der Waals surface area (Å²) in [5.74, 6) is 0.0329. The number of hydrogen-bond acceptors (Lipinski definition) is 7. The van der Waals surface area contributed by atoms with Crippen LogP contribution >= 0.6 is 11.3 Å². The zero-order chi connectivity index (χ0) is 20.8. The maximum Gasteiger partial charge on any atom is 0.287 e. The first-order valence-corrected chi connectivity index (χ1v) is 9.96. The molecule has 0 aliphatic carbocycles. The highest BCUT2D eigenvalue weighted by molar-refractivity contribution is 7.18. The molecule has 3 rings (SSSR count). The number of nitrogens with zero attached hydrogens (tertiary/aromatic N) is 2. The number of benzene rings is 1. The minimum atomic E-state index is -0.731. The molecule has 0 bridgehead atoms. The Morgan fingerprint density at radius 3 is 2.59 bits per heavy atom. The molecule has 0 saturated heterocycles. The zero-order valence-corrected chi connectivity index (χ0v) is 17.2. The van der Waals surface area contributed by atoms with E-state index in [0.29, 0.717) is 16.6 Å². The summed E-state index contributed by atoms with van der Waals surface area (Å²) < 4.78 is 10.3. The number of furan rings is 1. The van der Waals surface area contributed by atoms with Gasteiger partial charge in [-0.25, -0.2) is 0 Å². The highest BCUT2D eigenvalue weighted by atomic mass is 32.1. The van der Waals surface area contributed by atoms with Gasteiger partial charge in [0, 0.05) is 5.56 Å². The number of rotatable bonds is 8. The van der Waals surface area contributed by atoms with Crippen LogP contribution in [-0.2, 0) is 4.79 Å². The lowest BCUT2D eigenvalue weighted by molar-refractivity contribution is -0.119. The number of ether oxygens (including phenoxy) is 1. The van der Waals surface area contributed by atoms with E-state index in [1.54, 1.807) is 19.2 Å². The first-order chi connectivity index (χ1) is 14.0. The number of aromatic nitrogens is 2. The molecule has 0 aliphatic heterocycles. The van der Waals surface area contributed by atoms with Gasteiger partial charge in [0.25, 0.3) is 5.91 Å². The Balaban J connectivity index is 1.70. The molecular weight excluding hydrogens is 392 g/mol. The summed E-state index contributed by atoms with van der Waals surface area (Å²) in [7, 11) is 1.60. The monoisotopic (exact) mass is 414 g/mol. The fourth-order valence-electron chi connectivity index (χ4n) is 2.63. The molecule has 2 aromatic heterocycles. The van der Waals surface area contributed by atoms with Crippen LogP contribution in [0, 0.1) is 5.92 Å². The van der Waals surface area contributed by atoms with Gasteiger partial charge >= 0.3 is 0 Å². The molecule has 0 spiro atoms. The van der Waals surface area contributed by atoms with Gasteiger partial charge in [-0.2, -0.15) is 0 Å². The number of amides is 2. The Labute approximate surface area is 172 Å². The van der Waals surface area contributed by atoms with Crippen molar-refractivity contribution in [1.29, 1.82) is 0 Å². The number of carbonyl (C=O) groups is 2. The molecule has 3 aromatic rings. The average Bonchev–Trinajstić information content (AvgIpc) is 3.43. The zero-order valence-electron chi connectivity index (χ0n) is 16.3. The van der Waals surface area contributed by atoms with Crippen molar-refractivity contribution >= 4 is 28.3 Å². The van der Waals surface area contributed by atoms with Crippen molar-refractivity contribution in [3.8, 4) is 16.3 Å². The predicted molar refractivity (Wildman–Crippen MR) is 110 cm³/mol. The van der Waals surface area contributed by atoms with E-state index in [2.05, 4.69) is 20.8 Å². The maximum atomic E-state index is 12.8. The molecule has 29 heavy (non-hydrogen) atoms. The molecule has 8 nitrogen and oxygen atoms in total. The summed E-state index contributed by atoms with van der Waals surface area (Å²) in [6.07, 6.45) is 2.12. The van der Waals surface area contributed by atoms with Crippen molar-refractivity contribution in [1.82, 2.24) is 15.5 Å². The van der Waals surface area contributed by atoms with Crippen LogP contribution in [-0.4, -0.2) is 35.2 Å². The normalized spacial score (nSPS) is 12.8. The van der Waals surface area contributed by atoms with Gasteiger partial charge in [-0.05, 0) is 42.3 Å². The molecule has 2 unspecified atom stereocenters. The second-order valence-electron chi connectivity index (χ2n) is 6.44. The van der Waals surface area contributed by atoms with E-state index >= 15 is 0 Å². The summed E-state index contributed by atoms with van der Waals surface area (Å²) in [5.41, 5.74) is 0.869. The van der Waals surface area contributed by atoms with Crippen molar-refractivity contribution in [2.75, 3.05) is 12.4 Å². The molecule has 2 N–H and O–H groups in total. The fraction of sp³-hybridized carbons (Fsp3) is 0.300. The first kappa shape index (κ1) is 20.5. The summed E-state index contributed by atoms with van der Waals surface area (Å²) in [6.45, 7) is 3.85. The average molecular weight is 414 g/mol. The van der Waals surface area contributed by atoms with Gasteiger partial charge in [0.1, 0.15) is 16.8 Å². The van der Waals surface area contributed by atoms with Crippen molar-refractivity contribution in [3.05, 3.63) is 48.4 Å². The van der Waals surface area contributed by atoms with Gasteiger partial charge < -0.3 is 14.5 Å². The lowest BCUT2D eigenvalue weighted by atomic mass is 9.98. The maximum absolute atomic E-state index is 12.8. The van der Waals surface area contributed by atoms with E-state index in [0.717, 1.165) is 11.3 Å². The van der Waals surface area contributed by atoms with Crippen LogP contribution in [0.5, 0.6) is 5.75 Å². The smallest absolute Gasteiger partial charge is 0.287 e. The number of anilines is 1. The van der Waals surface area contributed by atoms with Crippen LogP contribution < -0.4 is 15.4 Å². The van der Waals surface area contributed by atoms with E-state index in [1.807, 2.05) is 38.1 Å². The van der Waals surface area contributed by atoms with Crippen LogP contribution in [0.1, 0.15) is 30.8 Å². The Morgan fingerprint density at radius 2 is 1.97 bits per heavy atom. The third kappa shape index (κ3) is 5.00. The number of hydrogen-bond donors (Lipinski definition) is 2. The second-order valence-corrected chi connectivity index (χ2v) is 7.42. The van der Waals surface area contributed by atoms with E-state index in [-0.39, 0.29) is 17.6 Å². The molecule has 2 amide bonds. The minimum Gasteiger partial charge on any atom is -0.497 e. The van der Waals surface area contributed by atoms with Crippen molar-refractivity contribution in [3.63, 3.8) is 0 Å². The predicted octanol–water partition coefficient (Wildman–Crippen LogP) is 3.59. The molecule has 2 atom stereocenters. The van der Waals surface area contributed by atoms with Crippen molar-refractivity contribution < 1.29 is 18.7 Å². The van der Waals surface area contributed by atoms with Crippen LogP contribution in [0.25, 0.3) is 10.6 Å². The quantitative estimate of drug-likeness (QED) is 0.583. The summed E-state index contributed by atoms with van der Waals surface area (Å²) in [6, 6.07) is 9.84. The van der Waals surface area contributed by atoms with Gasteiger partial charge in [-0.1, -0.05) is 31.6 Å². The molecule has 0 aliphatic rings. The van der Waals surface area contributed by atoms with E-state index < -0.39 is 11.9 Å². The van der Waals surface area contributed by atoms with E-state index in [1.165, 1.54) is 17.6 Å². The standard InChI is InChI=1S/C20H22N4O4S/c1-4-12(2)16(21-17(25)15-6-5-11-28-15)18(26)22-20-24-23-19(29-20)13-7-9-14(27-3)10-8-13/h5-12,16H,4H2,1-3H3,(H,21,25)(H,22,24,26). The molecule has 0 fully saturated rings. The molecule has 1 aromatic carbocycles. The van der Waals surface area contributed by atoms with Gasteiger partial charge in [0.15, 0.2) is 5.76 Å². The van der Waals surface area contributed by atoms with Gasteiger partial charge in [-0.15, -0.1) is 10.2 Å². The first-order valence-electron chi connectivity index (χ1n) is 9.15. The molecule has 9 heteroatoms. The van der Waals surface area contributed by atoms with Gasteiger partial charge in [0.2, 0.25) is 11.0 Å². The summed E-state index contributed by atoms with van der Waals surface area (Å²) in [4.78, 5) is 25.1. The SMILES string of the molecule is CCC(C)C(NC(=O)c1ccco1)C(=O)Nc1nnc(-c2ccc(OC)cc2)s1. The lowest BCUT2D eigenvalue weighted by Gasteiger charge is -2.22. The highest BCUT2D eigenvalue weighted by Gasteiger charge is 2.28. The topological polar surface area (TPSA) is 106 Å². The summed E-state index contributed by atoms with van der Waals surface area (Å²) in [5, 5.41) is 14.7. The van der Waals surface area contributed by atoms with Crippen molar-refractivity contribution in [2.24, 2.45) is 5.92 Å². The minimum absolute atomic E-state index is 0.0807. The highest BCUT2D eigenvalue weighted by Crippen LogP contribution is 2.28. The Hall–Kier alpha value is -3.20. The van der Waals surface area contributed by atoms with Crippen LogP contribution in [0.4, 0.5) is 5.13 Å². The molecule has 2 heterocycles. The third-order valence-electron chi connectivity index (χ3n) is 4.52. The molecular formula is C20H22N4O4S. The van der Waals surface area contributed by atoms with Gasteiger partial charge in [-0.3, -0.25) is 14.9 Å². The van der Waals surface area contributed by atoms with Crippen LogP contribution in [0.3, 0.4) is 0 Å². The largest absolute Gasteiger partial charge is 0.497 e. The molecule has 152 valence electrons. The third-order valence-corrected chi connectivity index (χ3v) is 5.41. The van der Waals surface area contributed by atoms with Gasteiger partial charge in [0.05, 0.1) is 13.4 Å². The lowest BCUT2D eigenvalue weighted by Crippen LogP contribution is -2.47. The fourth-order valence-corrected chi connectivity index (χ4v) is 3.38. The molecule has 0 saturated carbocycles. The Kier molecular flexibility index (Phi) is 6.61. The molecule has 0 radical (unpaired) electrons. The van der Waals surface area contributed by atoms with E-state index in [4.69, 9.17) is 9.15 Å². The van der Waals surface area contributed by atoms with Crippen LogP contribution in [0.15, 0.2) is 47.1 Å².